The standard InChI is InChI=1S/C8H7N3O2S/c1-11-4-9-2-6(11)7-10-5(3-14-7)8(12)13/h2-4H,1H3,(H,12,13). The topological polar surface area (TPSA) is 68.0 Å². The number of aromatic carboxylic acids is 1. The van der Waals surface area contributed by atoms with Crippen LogP contribution in [0.15, 0.2) is 17.9 Å². The molecule has 0 aromatic carbocycles. The van der Waals surface area contributed by atoms with Crippen LogP contribution in [0.2, 0.25) is 0 Å². The summed E-state index contributed by atoms with van der Waals surface area (Å²) in [5, 5.41) is 10.9. The Hall–Kier alpha value is -1.69. The zero-order valence-electron chi connectivity index (χ0n) is 7.34. The van der Waals surface area contributed by atoms with Crippen molar-refractivity contribution in [3.8, 4) is 10.7 Å². The third-order valence-electron chi connectivity index (χ3n) is 1.76. The largest absolute Gasteiger partial charge is 0.476 e. The van der Waals surface area contributed by atoms with Crippen LogP contribution < -0.4 is 0 Å². The van der Waals surface area contributed by atoms with Crippen molar-refractivity contribution >= 4 is 17.3 Å². The molecule has 0 amide bonds. The normalized spacial score (nSPS) is 10.4. The van der Waals surface area contributed by atoms with Gasteiger partial charge in [-0.15, -0.1) is 11.3 Å². The molecule has 0 radical (unpaired) electrons. The molecule has 6 heteroatoms. The number of hydrogen-bond donors (Lipinski definition) is 1. The molecule has 5 nitrogen and oxygen atoms in total. The van der Waals surface area contributed by atoms with Gasteiger partial charge in [-0.3, -0.25) is 0 Å². The first-order valence-corrected chi connectivity index (χ1v) is 4.72. The summed E-state index contributed by atoms with van der Waals surface area (Å²) in [6.07, 6.45) is 3.31. The van der Waals surface area contributed by atoms with E-state index in [-0.39, 0.29) is 5.69 Å². The van der Waals surface area contributed by atoms with E-state index >= 15 is 0 Å². The lowest BCUT2D eigenvalue weighted by molar-refractivity contribution is 0.0691. The van der Waals surface area contributed by atoms with E-state index in [9.17, 15) is 4.79 Å². The molecule has 0 aliphatic heterocycles. The van der Waals surface area contributed by atoms with Gasteiger partial charge in [0.15, 0.2) is 5.69 Å². The van der Waals surface area contributed by atoms with Crippen LogP contribution in [0.5, 0.6) is 0 Å². The minimum atomic E-state index is -1.00. The highest BCUT2D eigenvalue weighted by Crippen LogP contribution is 2.22. The Balaban J connectivity index is 2.43. The van der Waals surface area contributed by atoms with E-state index in [0.717, 1.165) is 5.69 Å². The highest BCUT2D eigenvalue weighted by atomic mass is 32.1. The van der Waals surface area contributed by atoms with E-state index in [2.05, 4.69) is 9.97 Å². The van der Waals surface area contributed by atoms with E-state index in [4.69, 9.17) is 5.11 Å². The highest BCUT2D eigenvalue weighted by Gasteiger charge is 2.11. The zero-order chi connectivity index (χ0) is 10.1. The van der Waals surface area contributed by atoms with E-state index in [1.54, 1.807) is 17.1 Å². The van der Waals surface area contributed by atoms with Crippen LogP contribution in [0.1, 0.15) is 10.5 Å². The molecule has 0 fully saturated rings. The Labute approximate surface area is 83.7 Å². The molecule has 2 aromatic rings. The summed E-state index contributed by atoms with van der Waals surface area (Å²) in [7, 11) is 1.84. The maximum absolute atomic E-state index is 10.6. The monoisotopic (exact) mass is 209 g/mol. The molecule has 0 spiro atoms. The zero-order valence-corrected chi connectivity index (χ0v) is 8.15. The molecule has 2 heterocycles. The molecule has 2 rings (SSSR count). The Morgan fingerprint density at radius 1 is 1.64 bits per heavy atom. The van der Waals surface area contributed by atoms with E-state index in [1.165, 1.54) is 16.7 Å². The minimum absolute atomic E-state index is 0.0752. The molecule has 0 aliphatic rings. The van der Waals surface area contributed by atoms with Gasteiger partial charge >= 0.3 is 5.97 Å². The van der Waals surface area contributed by atoms with E-state index in [1.807, 2.05) is 7.05 Å². The second kappa shape index (κ2) is 3.22. The van der Waals surface area contributed by atoms with Crippen molar-refractivity contribution < 1.29 is 9.90 Å². The van der Waals surface area contributed by atoms with Gasteiger partial charge < -0.3 is 9.67 Å². The van der Waals surface area contributed by atoms with Crippen molar-refractivity contribution in [3.63, 3.8) is 0 Å². The summed E-state index contributed by atoms with van der Waals surface area (Å²) in [6.45, 7) is 0. The summed E-state index contributed by atoms with van der Waals surface area (Å²) in [5.41, 5.74) is 0.897. The third-order valence-corrected chi connectivity index (χ3v) is 2.62. The van der Waals surface area contributed by atoms with Gasteiger partial charge in [0.2, 0.25) is 0 Å². The van der Waals surface area contributed by atoms with Crippen molar-refractivity contribution in [1.82, 2.24) is 14.5 Å². The van der Waals surface area contributed by atoms with Crippen LogP contribution >= 0.6 is 11.3 Å². The number of aryl methyl sites for hydroxylation is 1. The number of carbonyl (C=O) groups is 1. The van der Waals surface area contributed by atoms with Crippen molar-refractivity contribution in [1.29, 1.82) is 0 Å². The number of hydrogen-bond acceptors (Lipinski definition) is 4. The lowest BCUT2D eigenvalue weighted by atomic mass is 10.4. The van der Waals surface area contributed by atoms with Crippen LogP contribution in [0, 0.1) is 0 Å². The number of nitrogens with zero attached hydrogens (tertiary/aromatic N) is 3. The van der Waals surface area contributed by atoms with Gasteiger partial charge in [0.25, 0.3) is 0 Å². The fraction of sp³-hybridized carbons (Fsp3) is 0.125. The molecule has 1 N–H and O–H groups in total. The van der Waals surface area contributed by atoms with Crippen LogP contribution in [0.3, 0.4) is 0 Å². The Kier molecular flexibility index (Phi) is 2.05. The Morgan fingerprint density at radius 3 is 2.93 bits per heavy atom. The maximum atomic E-state index is 10.6. The second-order valence-corrected chi connectivity index (χ2v) is 3.59. The molecule has 2 aromatic heterocycles. The number of rotatable bonds is 2. The van der Waals surface area contributed by atoms with Crippen LogP contribution in [0.4, 0.5) is 0 Å². The molecule has 0 saturated heterocycles. The average molecular weight is 209 g/mol. The molecular weight excluding hydrogens is 202 g/mol. The first-order valence-electron chi connectivity index (χ1n) is 3.84. The van der Waals surface area contributed by atoms with Crippen LogP contribution in [-0.2, 0) is 7.05 Å². The van der Waals surface area contributed by atoms with Gasteiger partial charge in [-0.25, -0.2) is 14.8 Å². The highest BCUT2D eigenvalue weighted by molar-refractivity contribution is 7.13. The average Bonchev–Trinajstić information content (AvgIpc) is 2.71. The van der Waals surface area contributed by atoms with Crippen LogP contribution in [0.25, 0.3) is 10.7 Å². The van der Waals surface area contributed by atoms with Crippen molar-refractivity contribution in [2.75, 3.05) is 0 Å². The molecule has 0 bridgehead atoms. The van der Waals surface area contributed by atoms with Gasteiger partial charge in [0.05, 0.1) is 18.2 Å². The SMILES string of the molecule is Cn1cncc1-c1nc(C(=O)O)cs1. The molecule has 0 aliphatic carbocycles. The van der Waals surface area contributed by atoms with Gasteiger partial charge in [-0.1, -0.05) is 0 Å². The van der Waals surface area contributed by atoms with E-state index in [0.29, 0.717) is 5.01 Å². The smallest absolute Gasteiger partial charge is 0.355 e. The van der Waals surface area contributed by atoms with Crippen molar-refractivity contribution in [3.05, 3.63) is 23.6 Å². The van der Waals surface area contributed by atoms with Crippen molar-refractivity contribution in [2.45, 2.75) is 0 Å². The summed E-state index contributed by atoms with van der Waals surface area (Å²) in [6, 6.07) is 0. The summed E-state index contributed by atoms with van der Waals surface area (Å²) < 4.78 is 1.80. The predicted molar refractivity (Wildman–Crippen MR) is 51.3 cm³/mol. The number of thiazole rings is 1. The lowest BCUT2D eigenvalue weighted by Crippen LogP contribution is -1.96. The molecule has 14 heavy (non-hydrogen) atoms. The first kappa shape index (κ1) is 8.89. The van der Waals surface area contributed by atoms with Gasteiger partial charge in [-0.05, 0) is 0 Å². The van der Waals surface area contributed by atoms with Gasteiger partial charge in [0, 0.05) is 12.4 Å². The maximum Gasteiger partial charge on any atom is 0.355 e. The second-order valence-electron chi connectivity index (χ2n) is 2.73. The number of carboxylic acids is 1. The summed E-state index contributed by atoms with van der Waals surface area (Å²) in [5.74, 6) is -1.00. The number of imidazole rings is 1. The molecular formula is C8H7N3O2S. The molecule has 0 atom stereocenters. The number of carboxylic acid groups (broad SMARTS) is 1. The van der Waals surface area contributed by atoms with E-state index < -0.39 is 5.97 Å². The Morgan fingerprint density at radius 2 is 2.43 bits per heavy atom. The molecule has 0 saturated carbocycles. The fourth-order valence-corrected chi connectivity index (χ4v) is 1.90. The Bertz CT molecular complexity index is 474. The van der Waals surface area contributed by atoms with Gasteiger partial charge in [-0.2, -0.15) is 0 Å². The fourth-order valence-electron chi connectivity index (χ4n) is 1.05. The third kappa shape index (κ3) is 1.39. The summed E-state index contributed by atoms with van der Waals surface area (Å²) in [4.78, 5) is 18.5. The quantitative estimate of drug-likeness (QED) is 0.808. The summed E-state index contributed by atoms with van der Waals surface area (Å²) >= 11 is 1.30. The number of aromatic nitrogens is 3. The first-order chi connectivity index (χ1) is 6.68. The molecule has 72 valence electrons. The lowest BCUT2D eigenvalue weighted by Gasteiger charge is -1.94. The van der Waals surface area contributed by atoms with Crippen molar-refractivity contribution in [2.24, 2.45) is 7.05 Å². The van der Waals surface area contributed by atoms with Crippen LogP contribution in [-0.4, -0.2) is 25.6 Å². The minimum Gasteiger partial charge on any atom is -0.476 e. The van der Waals surface area contributed by atoms with Gasteiger partial charge in [0.1, 0.15) is 5.01 Å². The molecule has 0 unspecified atom stereocenters. The predicted octanol–water partition coefficient (Wildman–Crippen LogP) is 1.24.